The van der Waals surface area contributed by atoms with Gasteiger partial charge in [-0.1, -0.05) is 0 Å². The maximum atomic E-state index is 10.9. The molecule has 0 unspecified atom stereocenters. The van der Waals surface area contributed by atoms with Crippen molar-refractivity contribution in [2.24, 2.45) is 0 Å². The predicted molar refractivity (Wildman–Crippen MR) is 49.8 cm³/mol. The molecule has 2 aromatic rings. The van der Waals surface area contributed by atoms with E-state index in [9.17, 15) is 20.3 Å². The average molecular weight is 253 g/mol. The molecule has 2 rings (SSSR count). The molecule has 0 aliphatic heterocycles. The molecule has 9 heteroatoms. The van der Waals surface area contributed by atoms with Gasteiger partial charge in [0.15, 0.2) is 0 Å². The maximum Gasteiger partial charge on any atom is 1.00 e. The minimum absolute atomic E-state index is 0. The Labute approximate surface area is 122 Å². The Hall–Kier alpha value is -1.95. The van der Waals surface area contributed by atoms with Crippen molar-refractivity contribution < 1.29 is 44.7 Å². The van der Waals surface area contributed by atoms with Crippen LogP contribution in [-0.4, -0.2) is 14.9 Å². The monoisotopic (exact) mass is 253 g/mol. The first-order valence-electron chi connectivity index (χ1n) is 4.27. The first kappa shape index (κ1) is 14.1. The van der Waals surface area contributed by atoms with Gasteiger partial charge in [0.1, 0.15) is 11.6 Å². The number of hydrogen-bond donors (Lipinski definition) is 0. The molecular weight excluding hydrogens is 251 g/mol. The Balaban J connectivity index is 0.00000162. The zero-order chi connectivity index (χ0) is 12.6. The van der Waals surface area contributed by atoms with Gasteiger partial charge in [-0.3, -0.25) is 20.1 Å². The van der Waals surface area contributed by atoms with E-state index in [2.05, 4.69) is 9.97 Å². The van der Waals surface area contributed by atoms with Crippen LogP contribution in [0, 0.1) is 21.4 Å². The van der Waals surface area contributed by atoms with Crippen LogP contribution >= 0.6 is 0 Å². The summed E-state index contributed by atoms with van der Waals surface area (Å²) in [5.74, 6) is -2.15. The summed E-state index contributed by atoms with van der Waals surface area (Å²) < 4.78 is 0. The predicted octanol–water partition coefficient (Wildman–Crippen LogP) is -3.44. The van der Waals surface area contributed by atoms with Crippen molar-refractivity contribution in [3.8, 4) is 17.8 Å². The summed E-state index contributed by atoms with van der Waals surface area (Å²) in [6.45, 7) is 0. The second-order valence-electron chi connectivity index (χ2n) is 3.06. The minimum Gasteiger partial charge on any atom is -0.858 e. The van der Waals surface area contributed by atoms with Crippen molar-refractivity contribution in [2.75, 3.05) is 0 Å². The molecule has 0 atom stereocenters. The van der Waals surface area contributed by atoms with Gasteiger partial charge in [0, 0.05) is 6.07 Å². The van der Waals surface area contributed by atoms with E-state index >= 15 is 0 Å². The second-order valence-corrected chi connectivity index (χ2v) is 3.06. The summed E-state index contributed by atoms with van der Waals surface area (Å²) in [4.78, 5) is 16.6. The van der Waals surface area contributed by atoms with Gasteiger partial charge < -0.3 is 10.2 Å². The first-order valence-corrected chi connectivity index (χ1v) is 4.27. The molecule has 0 saturated carbocycles. The number of aromatic nitrogens is 2. The molecule has 0 N–H and O–H groups in total. The number of nitro benzene ring substituents is 1. The molecule has 0 aliphatic carbocycles. The van der Waals surface area contributed by atoms with E-state index in [1.54, 1.807) is 6.07 Å². The Bertz CT molecular complexity index is 682. The van der Waals surface area contributed by atoms with Crippen LogP contribution in [-0.2, 0) is 0 Å². The van der Waals surface area contributed by atoms with Crippen LogP contribution in [0.1, 0.15) is 5.56 Å². The second kappa shape index (κ2) is 5.14. The molecule has 0 spiro atoms. The first-order chi connectivity index (χ1) is 8.02. The topological polar surface area (TPSA) is 139 Å². The van der Waals surface area contributed by atoms with Crippen LogP contribution in [0.3, 0.4) is 0 Å². The van der Waals surface area contributed by atoms with Gasteiger partial charge in [-0.15, -0.1) is 0 Å². The Morgan fingerprint density at radius 1 is 1.17 bits per heavy atom. The number of hydrogen-bond acceptors (Lipinski definition) is 7. The SMILES string of the molecule is N#Cc1cc2nc([O-])c([O-])nc2cc1[N+](=O)[O-].[Na+]. The van der Waals surface area contributed by atoms with E-state index in [1.165, 1.54) is 0 Å². The summed E-state index contributed by atoms with van der Waals surface area (Å²) in [5.41, 5.74) is -0.820. The fourth-order valence-electron chi connectivity index (χ4n) is 1.30. The molecule has 0 amide bonds. The molecule has 0 radical (unpaired) electrons. The minimum atomic E-state index is -1.09. The molecule has 18 heavy (non-hydrogen) atoms. The molecule has 0 aliphatic rings. The third-order valence-electron chi connectivity index (χ3n) is 2.04. The summed E-state index contributed by atoms with van der Waals surface area (Å²) in [6, 6.07) is 3.62. The normalized spacial score (nSPS) is 9.50. The number of fused-ring (bicyclic) bond motifs is 1. The van der Waals surface area contributed by atoms with Crippen LogP contribution in [0.25, 0.3) is 11.0 Å². The summed E-state index contributed by atoms with van der Waals surface area (Å²) >= 11 is 0. The molecule has 1 aromatic heterocycles. The number of nitro groups is 1. The van der Waals surface area contributed by atoms with Crippen molar-refractivity contribution >= 4 is 16.7 Å². The quantitative estimate of drug-likeness (QED) is 0.292. The van der Waals surface area contributed by atoms with E-state index in [1.807, 2.05) is 0 Å². The smallest absolute Gasteiger partial charge is 0.858 e. The van der Waals surface area contributed by atoms with E-state index in [-0.39, 0.29) is 46.2 Å². The van der Waals surface area contributed by atoms with Gasteiger partial charge in [0.05, 0.1) is 16.0 Å². The fraction of sp³-hybridized carbons (Fsp3) is 0. The number of nitriles is 1. The van der Waals surface area contributed by atoms with Gasteiger partial charge in [0.25, 0.3) is 5.69 Å². The summed E-state index contributed by atoms with van der Waals surface area (Å²) in [7, 11) is 0. The molecule has 0 bridgehead atoms. The molecule has 0 fully saturated rings. The van der Waals surface area contributed by atoms with Gasteiger partial charge in [0.2, 0.25) is 0 Å². The van der Waals surface area contributed by atoms with Gasteiger partial charge >= 0.3 is 29.6 Å². The molecule has 84 valence electrons. The Kier molecular flexibility index (Phi) is 4.03. The van der Waals surface area contributed by atoms with Crippen molar-refractivity contribution in [2.45, 2.75) is 0 Å². The third kappa shape index (κ3) is 2.33. The Morgan fingerprint density at radius 3 is 2.11 bits per heavy atom. The molecule has 8 nitrogen and oxygen atoms in total. The standard InChI is InChI=1S/C9H4N4O4.Na/c10-3-4-1-5-6(2-7(4)13(16)17)12-9(15)8(14)11-5;/h1-2H,(H,11,14)(H,12,15);/q;+1/p-2. The molecular formula is C9H2N4NaO4-. The van der Waals surface area contributed by atoms with Gasteiger partial charge in [-0.25, -0.2) is 0 Å². The zero-order valence-electron chi connectivity index (χ0n) is 9.08. The number of nitrogens with zero attached hydrogens (tertiary/aromatic N) is 4. The van der Waals surface area contributed by atoms with E-state index in [0.29, 0.717) is 0 Å². The van der Waals surface area contributed by atoms with E-state index in [4.69, 9.17) is 5.26 Å². The maximum absolute atomic E-state index is 10.9. The van der Waals surface area contributed by atoms with Crippen molar-refractivity contribution in [3.63, 3.8) is 0 Å². The van der Waals surface area contributed by atoms with Gasteiger partial charge in [-0.2, -0.15) is 5.26 Å². The molecule has 0 saturated heterocycles. The molecule has 1 aromatic carbocycles. The summed E-state index contributed by atoms with van der Waals surface area (Å²) in [5, 5.41) is 41.2. The average Bonchev–Trinajstić information content (AvgIpc) is 2.29. The molecule has 1 heterocycles. The van der Waals surface area contributed by atoms with E-state index < -0.39 is 22.4 Å². The van der Waals surface area contributed by atoms with Crippen molar-refractivity contribution in [3.05, 3.63) is 27.8 Å². The fourth-order valence-corrected chi connectivity index (χ4v) is 1.30. The van der Waals surface area contributed by atoms with Crippen LogP contribution in [0.4, 0.5) is 5.69 Å². The number of benzene rings is 1. The number of rotatable bonds is 1. The van der Waals surface area contributed by atoms with Crippen LogP contribution in [0.5, 0.6) is 11.8 Å². The zero-order valence-corrected chi connectivity index (χ0v) is 11.1. The van der Waals surface area contributed by atoms with Crippen molar-refractivity contribution in [1.82, 2.24) is 9.97 Å². The van der Waals surface area contributed by atoms with Gasteiger partial charge in [-0.05, 0) is 17.8 Å². The van der Waals surface area contributed by atoms with Crippen molar-refractivity contribution in [1.29, 1.82) is 5.26 Å². The summed E-state index contributed by atoms with van der Waals surface area (Å²) in [6.07, 6.45) is 0. The van der Waals surface area contributed by atoms with Crippen LogP contribution in [0.2, 0.25) is 0 Å². The largest absolute Gasteiger partial charge is 1.00 e. The third-order valence-corrected chi connectivity index (χ3v) is 2.04. The van der Waals surface area contributed by atoms with Crippen LogP contribution < -0.4 is 39.8 Å². The Morgan fingerprint density at radius 2 is 1.67 bits per heavy atom. The van der Waals surface area contributed by atoms with E-state index in [0.717, 1.165) is 12.1 Å². The van der Waals surface area contributed by atoms with Crippen LogP contribution in [0.15, 0.2) is 12.1 Å².